The molecule has 0 N–H and O–H groups in total. The molecule has 0 bridgehead atoms. The molecule has 26 heavy (non-hydrogen) atoms. The smallest absolute Gasteiger partial charge is 0.231 e. The molecular weight excluding hydrogens is 334 g/mol. The molecule has 1 amide bonds. The van der Waals surface area contributed by atoms with Crippen molar-refractivity contribution in [3.8, 4) is 22.9 Å². The third kappa shape index (κ3) is 4.33. The Hall–Kier alpha value is -2.57. The Labute approximate surface area is 153 Å². The molecule has 3 rings (SSSR count). The van der Waals surface area contributed by atoms with Crippen LogP contribution in [-0.4, -0.2) is 40.8 Å². The maximum atomic E-state index is 12.3. The molecule has 0 fully saturated rings. The molecule has 0 unspecified atom stereocenters. The minimum atomic E-state index is 0.178. The van der Waals surface area contributed by atoms with Gasteiger partial charge in [0.2, 0.25) is 24.4 Å². The molecule has 1 aliphatic rings. The average Bonchev–Trinajstić information content (AvgIpc) is 3.26. The molecule has 0 saturated carbocycles. The van der Waals surface area contributed by atoms with Crippen molar-refractivity contribution in [3.63, 3.8) is 0 Å². The van der Waals surface area contributed by atoms with E-state index in [1.165, 1.54) is 0 Å². The van der Waals surface area contributed by atoms with E-state index in [1.807, 2.05) is 23.1 Å². The summed E-state index contributed by atoms with van der Waals surface area (Å²) in [5, 5.41) is 4.04. The Kier molecular flexibility index (Phi) is 5.75. The number of ether oxygens (including phenoxy) is 2. The normalized spacial score (nSPS) is 12.6. The van der Waals surface area contributed by atoms with Crippen LogP contribution in [0.4, 0.5) is 0 Å². The summed E-state index contributed by atoms with van der Waals surface area (Å²) in [4.78, 5) is 18.7. The molecule has 140 valence electrons. The number of hydrogen-bond acceptors (Lipinski definition) is 6. The van der Waals surface area contributed by atoms with Crippen molar-refractivity contribution >= 4 is 5.91 Å². The monoisotopic (exact) mass is 359 g/mol. The van der Waals surface area contributed by atoms with Crippen LogP contribution in [0.15, 0.2) is 22.7 Å². The van der Waals surface area contributed by atoms with E-state index in [0.29, 0.717) is 42.8 Å². The molecular formula is C19H25N3O4. The highest BCUT2D eigenvalue weighted by molar-refractivity contribution is 5.76. The van der Waals surface area contributed by atoms with Crippen molar-refractivity contribution in [2.24, 2.45) is 5.92 Å². The van der Waals surface area contributed by atoms with E-state index < -0.39 is 0 Å². The molecule has 1 aliphatic heterocycles. The zero-order chi connectivity index (χ0) is 18.5. The van der Waals surface area contributed by atoms with Gasteiger partial charge in [0.05, 0.1) is 0 Å². The molecule has 0 radical (unpaired) electrons. The van der Waals surface area contributed by atoms with Crippen LogP contribution < -0.4 is 9.47 Å². The second kappa shape index (κ2) is 8.21. The summed E-state index contributed by atoms with van der Waals surface area (Å²) < 4.78 is 16.0. The van der Waals surface area contributed by atoms with Gasteiger partial charge in [0.1, 0.15) is 0 Å². The topological polar surface area (TPSA) is 77.7 Å². The minimum Gasteiger partial charge on any atom is -0.454 e. The standard InChI is InChI=1S/C19H25N3O4/c1-4-8-22(18(23)10-13(2)3)9-7-17-20-19(21-26-17)14-5-6-15-16(11-14)25-12-24-15/h5-6,11,13H,4,7-10,12H2,1-3H3. The molecule has 2 aromatic rings. The Morgan fingerprint density at radius 2 is 2.04 bits per heavy atom. The van der Waals surface area contributed by atoms with Gasteiger partial charge in [-0.15, -0.1) is 0 Å². The van der Waals surface area contributed by atoms with Crippen molar-refractivity contribution < 1.29 is 18.8 Å². The average molecular weight is 359 g/mol. The molecule has 1 aromatic heterocycles. The fourth-order valence-corrected chi connectivity index (χ4v) is 2.85. The first-order chi connectivity index (χ1) is 12.6. The van der Waals surface area contributed by atoms with Gasteiger partial charge in [-0.25, -0.2) is 0 Å². The van der Waals surface area contributed by atoms with Crippen LogP contribution in [0.2, 0.25) is 0 Å². The summed E-state index contributed by atoms with van der Waals surface area (Å²) in [5.41, 5.74) is 0.811. The van der Waals surface area contributed by atoms with Crippen LogP contribution in [-0.2, 0) is 11.2 Å². The van der Waals surface area contributed by atoms with Gasteiger partial charge in [-0.3, -0.25) is 4.79 Å². The van der Waals surface area contributed by atoms with Gasteiger partial charge in [0.15, 0.2) is 11.5 Å². The summed E-state index contributed by atoms with van der Waals surface area (Å²) in [6.45, 7) is 7.74. The van der Waals surface area contributed by atoms with Gasteiger partial charge in [-0.05, 0) is 30.5 Å². The van der Waals surface area contributed by atoms with Gasteiger partial charge in [-0.1, -0.05) is 25.9 Å². The van der Waals surface area contributed by atoms with Crippen LogP contribution in [0.1, 0.15) is 39.5 Å². The predicted molar refractivity (Wildman–Crippen MR) is 95.9 cm³/mol. The maximum absolute atomic E-state index is 12.3. The van der Waals surface area contributed by atoms with E-state index in [1.54, 1.807) is 0 Å². The van der Waals surface area contributed by atoms with Crippen molar-refractivity contribution in [2.75, 3.05) is 19.9 Å². The van der Waals surface area contributed by atoms with Gasteiger partial charge in [0, 0.05) is 31.5 Å². The maximum Gasteiger partial charge on any atom is 0.231 e. The lowest BCUT2D eigenvalue weighted by molar-refractivity contribution is -0.132. The Bertz CT molecular complexity index is 757. The first-order valence-electron chi connectivity index (χ1n) is 9.07. The van der Waals surface area contributed by atoms with Gasteiger partial charge in [0.25, 0.3) is 0 Å². The minimum absolute atomic E-state index is 0.178. The second-order valence-corrected chi connectivity index (χ2v) is 6.81. The number of benzene rings is 1. The fraction of sp³-hybridized carbons (Fsp3) is 0.526. The van der Waals surface area contributed by atoms with Gasteiger partial charge < -0.3 is 18.9 Å². The van der Waals surface area contributed by atoms with Crippen molar-refractivity contribution in [3.05, 3.63) is 24.1 Å². The number of carbonyl (C=O) groups is 1. The third-order valence-electron chi connectivity index (χ3n) is 4.12. The fourth-order valence-electron chi connectivity index (χ4n) is 2.85. The van der Waals surface area contributed by atoms with E-state index in [9.17, 15) is 4.79 Å². The highest BCUT2D eigenvalue weighted by atomic mass is 16.7. The molecule has 1 aromatic carbocycles. The molecule has 2 heterocycles. The summed E-state index contributed by atoms with van der Waals surface area (Å²) in [7, 11) is 0. The Morgan fingerprint density at radius 1 is 1.23 bits per heavy atom. The summed E-state index contributed by atoms with van der Waals surface area (Å²) in [6, 6.07) is 5.55. The van der Waals surface area contributed by atoms with Crippen molar-refractivity contribution in [2.45, 2.75) is 40.0 Å². The van der Waals surface area contributed by atoms with Crippen LogP contribution in [0.3, 0.4) is 0 Å². The number of carbonyl (C=O) groups excluding carboxylic acids is 1. The van der Waals surface area contributed by atoms with Crippen molar-refractivity contribution in [1.82, 2.24) is 15.0 Å². The lowest BCUT2D eigenvalue weighted by Gasteiger charge is -2.22. The van der Waals surface area contributed by atoms with E-state index >= 15 is 0 Å². The van der Waals surface area contributed by atoms with Crippen LogP contribution in [0.5, 0.6) is 11.5 Å². The lowest BCUT2D eigenvalue weighted by atomic mass is 10.1. The predicted octanol–water partition coefficient (Wildman–Crippen LogP) is 3.29. The van der Waals surface area contributed by atoms with E-state index in [4.69, 9.17) is 14.0 Å². The van der Waals surface area contributed by atoms with E-state index in [-0.39, 0.29) is 12.7 Å². The summed E-state index contributed by atoms with van der Waals surface area (Å²) >= 11 is 0. The zero-order valence-corrected chi connectivity index (χ0v) is 15.5. The highest BCUT2D eigenvalue weighted by Gasteiger charge is 2.18. The summed E-state index contributed by atoms with van der Waals surface area (Å²) in [6.07, 6.45) is 2.03. The second-order valence-electron chi connectivity index (χ2n) is 6.81. The molecule has 7 nitrogen and oxygen atoms in total. The number of aromatic nitrogens is 2. The number of fused-ring (bicyclic) bond motifs is 1. The quantitative estimate of drug-likeness (QED) is 0.720. The van der Waals surface area contributed by atoms with Crippen LogP contribution >= 0.6 is 0 Å². The number of rotatable bonds is 8. The zero-order valence-electron chi connectivity index (χ0n) is 15.5. The largest absolute Gasteiger partial charge is 0.454 e. The van der Waals surface area contributed by atoms with E-state index in [0.717, 1.165) is 24.3 Å². The number of amides is 1. The van der Waals surface area contributed by atoms with Crippen LogP contribution in [0.25, 0.3) is 11.4 Å². The lowest BCUT2D eigenvalue weighted by Crippen LogP contribution is -2.34. The number of nitrogens with zero attached hydrogens (tertiary/aromatic N) is 3. The van der Waals surface area contributed by atoms with Crippen molar-refractivity contribution in [1.29, 1.82) is 0 Å². The van der Waals surface area contributed by atoms with Gasteiger partial charge in [-0.2, -0.15) is 4.98 Å². The third-order valence-corrected chi connectivity index (χ3v) is 4.12. The molecule has 7 heteroatoms. The summed E-state index contributed by atoms with van der Waals surface area (Å²) in [5.74, 6) is 2.96. The van der Waals surface area contributed by atoms with E-state index in [2.05, 4.69) is 30.9 Å². The van der Waals surface area contributed by atoms with Gasteiger partial charge >= 0.3 is 0 Å². The first-order valence-corrected chi connectivity index (χ1v) is 9.07. The Morgan fingerprint density at radius 3 is 2.81 bits per heavy atom. The first kappa shape index (κ1) is 18.2. The molecule has 0 saturated heterocycles. The molecule has 0 atom stereocenters. The molecule has 0 spiro atoms. The van der Waals surface area contributed by atoms with Crippen LogP contribution in [0, 0.1) is 5.92 Å². The highest BCUT2D eigenvalue weighted by Crippen LogP contribution is 2.35. The molecule has 0 aliphatic carbocycles. The Balaban J connectivity index is 1.63. The SMILES string of the molecule is CCCN(CCc1nc(-c2ccc3c(c2)OCO3)no1)C(=O)CC(C)C. The number of hydrogen-bond donors (Lipinski definition) is 0.